The Morgan fingerprint density at radius 1 is 1.16 bits per heavy atom. The second-order valence-corrected chi connectivity index (χ2v) is 8.30. The fourth-order valence-electron chi connectivity index (χ4n) is 2.82. The van der Waals surface area contributed by atoms with Gasteiger partial charge in [0.1, 0.15) is 0 Å². The number of hydrogen-bond donors (Lipinski definition) is 1. The van der Waals surface area contributed by atoms with Crippen molar-refractivity contribution in [2.75, 3.05) is 11.9 Å². The van der Waals surface area contributed by atoms with E-state index in [2.05, 4.69) is 5.32 Å². The molecule has 0 unspecified atom stereocenters. The molecule has 1 amide bonds. The lowest BCUT2D eigenvalue weighted by Crippen LogP contribution is -2.36. The normalized spacial score (nSPS) is 14.8. The largest absolute Gasteiger partial charge is 0.326 e. The van der Waals surface area contributed by atoms with Crippen LogP contribution in [0.4, 0.5) is 5.69 Å². The molecule has 0 saturated carbocycles. The molecule has 1 N–H and O–H groups in total. The van der Waals surface area contributed by atoms with Crippen LogP contribution in [0.2, 0.25) is 5.02 Å². The van der Waals surface area contributed by atoms with Gasteiger partial charge in [0.2, 0.25) is 15.9 Å². The zero-order chi connectivity index (χ0) is 18.0. The number of nitrogens with one attached hydrogen (secondary N) is 1. The summed E-state index contributed by atoms with van der Waals surface area (Å²) in [7, 11) is -3.57. The van der Waals surface area contributed by atoms with E-state index in [1.54, 1.807) is 19.1 Å². The molecule has 1 heterocycles. The number of anilines is 1. The molecule has 0 atom stereocenters. The van der Waals surface area contributed by atoms with Crippen LogP contribution in [-0.4, -0.2) is 25.2 Å². The van der Waals surface area contributed by atoms with Crippen molar-refractivity contribution < 1.29 is 13.2 Å². The van der Waals surface area contributed by atoms with Crippen molar-refractivity contribution in [3.05, 3.63) is 58.6 Å². The number of carbonyl (C=O) groups is 1. The molecule has 0 bridgehead atoms. The maximum Gasteiger partial charge on any atom is 0.243 e. The summed E-state index contributed by atoms with van der Waals surface area (Å²) in [5.41, 5.74) is 2.71. The van der Waals surface area contributed by atoms with Gasteiger partial charge in [-0.3, -0.25) is 4.79 Å². The van der Waals surface area contributed by atoms with E-state index >= 15 is 0 Å². The lowest BCUT2D eigenvalue weighted by atomic mass is 10.0. The zero-order valence-electron chi connectivity index (χ0n) is 13.8. The molecule has 0 radical (unpaired) electrons. The summed E-state index contributed by atoms with van der Waals surface area (Å²) in [4.78, 5) is 11.8. The van der Waals surface area contributed by atoms with Crippen LogP contribution in [0.1, 0.15) is 24.5 Å². The molecule has 5 nitrogen and oxygen atoms in total. The van der Waals surface area contributed by atoms with Crippen molar-refractivity contribution in [1.29, 1.82) is 0 Å². The molecule has 0 fully saturated rings. The standard InChI is InChI=1S/C18H19ClN2O3S/c1-2-18(22)20-16-6-3-13-9-10-21(12-14(13)11-16)25(23,24)17-7-4-15(19)5-8-17/h3-8,11H,2,9-10,12H2,1H3,(H,20,22). The molecular formula is C18H19ClN2O3S. The summed E-state index contributed by atoms with van der Waals surface area (Å²) in [5, 5.41) is 3.31. The molecule has 3 rings (SSSR count). The second-order valence-electron chi connectivity index (χ2n) is 5.93. The molecule has 1 aliphatic rings. The average Bonchev–Trinajstić information content (AvgIpc) is 2.61. The fourth-order valence-corrected chi connectivity index (χ4v) is 4.36. The lowest BCUT2D eigenvalue weighted by Gasteiger charge is -2.28. The Kier molecular flexibility index (Phi) is 5.13. The molecule has 132 valence electrons. The number of amides is 1. The third-order valence-corrected chi connectivity index (χ3v) is 6.35. The minimum Gasteiger partial charge on any atom is -0.326 e. The van der Waals surface area contributed by atoms with E-state index in [1.165, 1.54) is 16.4 Å². The number of halogens is 1. The van der Waals surface area contributed by atoms with Crippen molar-refractivity contribution in [2.24, 2.45) is 0 Å². The Bertz CT molecular complexity index is 895. The Morgan fingerprint density at radius 3 is 2.56 bits per heavy atom. The van der Waals surface area contributed by atoms with Crippen LogP contribution in [0.25, 0.3) is 0 Å². The maximum atomic E-state index is 12.8. The van der Waals surface area contributed by atoms with Crippen LogP contribution in [0.15, 0.2) is 47.4 Å². The number of fused-ring (bicyclic) bond motifs is 1. The fraction of sp³-hybridized carbons (Fsp3) is 0.278. The Balaban J connectivity index is 1.85. The van der Waals surface area contributed by atoms with E-state index in [0.717, 1.165) is 11.1 Å². The predicted octanol–water partition coefficient (Wildman–Crippen LogP) is 3.44. The van der Waals surface area contributed by atoms with Crippen molar-refractivity contribution in [3.63, 3.8) is 0 Å². The Hall–Kier alpha value is -1.89. The minimum absolute atomic E-state index is 0.0681. The predicted molar refractivity (Wildman–Crippen MR) is 98.1 cm³/mol. The third kappa shape index (κ3) is 3.86. The highest BCUT2D eigenvalue weighted by Crippen LogP contribution is 2.27. The van der Waals surface area contributed by atoms with Gasteiger partial charge in [0.05, 0.1) is 4.90 Å². The number of rotatable bonds is 4. The van der Waals surface area contributed by atoms with Crippen LogP contribution in [0.3, 0.4) is 0 Å². The average molecular weight is 379 g/mol. The summed E-state index contributed by atoms with van der Waals surface area (Å²) in [6, 6.07) is 11.8. The summed E-state index contributed by atoms with van der Waals surface area (Å²) in [5.74, 6) is -0.0681. The molecule has 0 aliphatic carbocycles. The molecule has 25 heavy (non-hydrogen) atoms. The SMILES string of the molecule is CCC(=O)Nc1ccc2c(c1)CN(S(=O)(=O)c1ccc(Cl)cc1)CC2. The van der Waals surface area contributed by atoms with Gasteiger partial charge in [-0.25, -0.2) is 8.42 Å². The highest BCUT2D eigenvalue weighted by molar-refractivity contribution is 7.89. The monoisotopic (exact) mass is 378 g/mol. The zero-order valence-corrected chi connectivity index (χ0v) is 15.4. The molecule has 1 aliphatic heterocycles. The van der Waals surface area contributed by atoms with Crippen LogP contribution in [-0.2, 0) is 27.8 Å². The van der Waals surface area contributed by atoms with Gasteiger partial charge in [0, 0.05) is 30.2 Å². The number of carbonyl (C=O) groups excluding carboxylic acids is 1. The quantitative estimate of drug-likeness (QED) is 0.886. The van der Waals surface area contributed by atoms with Gasteiger partial charge >= 0.3 is 0 Å². The highest BCUT2D eigenvalue weighted by Gasteiger charge is 2.28. The summed E-state index contributed by atoms with van der Waals surface area (Å²) < 4.78 is 27.1. The molecule has 7 heteroatoms. The number of benzene rings is 2. The molecule has 2 aromatic carbocycles. The van der Waals surface area contributed by atoms with Gasteiger partial charge in [0.25, 0.3) is 0 Å². The molecule has 2 aromatic rings. The summed E-state index contributed by atoms with van der Waals surface area (Å²) in [6.07, 6.45) is 1.04. The van der Waals surface area contributed by atoms with Crippen molar-refractivity contribution >= 4 is 33.2 Å². The van der Waals surface area contributed by atoms with E-state index in [4.69, 9.17) is 11.6 Å². The highest BCUT2D eigenvalue weighted by atomic mass is 35.5. The van der Waals surface area contributed by atoms with Gasteiger partial charge in [-0.05, 0) is 53.9 Å². The molecule has 0 saturated heterocycles. The van der Waals surface area contributed by atoms with E-state index in [9.17, 15) is 13.2 Å². The van der Waals surface area contributed by atoms with E-state index < -0.39 is 10.0 Å². The first-order valence-corrected chi connectivity index (χ1v) is 9.89. The summed E-state index contributed by atoms with van der Waals surface area (Å²) >= 11 is 5.84. The minimum atomic E-state index is -3.57. The smallest absolute Gasteiger partial charge is 0.243 e. The van der Waals surface area contributed by atoms with E-state index in [0.29, 0.717) is 30.1 Å². The van der Waals surface area contributed by atoms with E-state index in [-0.39, 0.29) is 17.3 Å². The molecule has 0 aromatic heterocycles. The second kappa shape index (κ2) is 7.15. The van der Waals surface area contributed by atoms with Crippen LogP contribution < -0.4 is 5.32 Å². The van der Waals surface area contributed by atoms with Crippen LogP contribution in [0, 0.1) is 0 Å². The molecular weight excluding hydrogens is 360 g/mol. The first-order chi connectivity index (χ1) is 11.9. The van der Waals surface area contributed by atoms with Crippen molar-refractivity contribution in [2.45, 2.75) is 31.2 Å². The van der Waals surface area contributed by atoms with Crippen LogP contribution >= 0.6 is 11.6 Å². The van der Waals surface area contributed by atoms with Gasteiger partial charge in [-0.2, -0.15) is 4.31 Å². The maximum absolute atomic E-state index is 12.8. The van der Waals surface area contributed by atoms with Crippen molar-refractivity contribution in [3.8, 4) is 0 Å². The Labute approximate surface area is 152 Å². The van der Waals surface area contributed by atoms with Gasteiger partial charge < -0.3 is 5.32 Å². The first-order valence-electron chi connectivity index (χ1n) is 8.07. The third-order valence-electron chi connectivity index (χ3n) is 4.24. The number of nitrogens with zero attached hydrogens (tertiary/aromatic N) is 1. The topological polar surface area (TPSA) is 66.5 Å². The number of sulfonamides is 1. The Morgan fingerprint density at radius 2 is 1.88 bits per heavy atom. The van der Waals surface area contributed by atoms with Gasteiger partial charge in [0.15, 0.2) is 0 Å². The first kappa shape index (κ1) is 17.9. The van der Waals surface area contributed by atoms with Crippen molar-refractivity contribution in [1.82, 2.24) is 4.31 Å². The molecule has 0 spiro atoms. The van der Waals surface area contributed by atoms with Crippen LogP contribution in [0.5, 0.6) is 0 Å². The summed E-state index contributed by atoms with van der Waals surface area (Å²) in [6.45, 7) is 2.50. The van der Waals surface area contributed by atoms with Gasteiger partial charge in [-0.15, -0.1) is 0 Å². The lowest BCUT2D eigenvalue weighted by molar-refractivity contribution is -0.115. The van der Waals surface area contributed by atoms with Gasteiger partial charge in [-0.1, -0.05) is 24.6 Å². The number of hydrogen-bond acceptors (Lipinski definition) is 3. The van der Waals surface area contributed by atoms with E-state index in [1.807, 2.05) is 18.2 Å².